The maximum atomic E-state index is 13.3. The lowest BCUT2D eigenvalue weighted by Gasteiger charge is -2.34. The van der Waals surface area contributed by atoms with Crippen LogP contribution in [0.5, 0.6) is 11.5 Å². The van der Waals surface area contributed by atoms with E-state index in [4.69, 9.17) is 14.2 Å². The number of benzene rings is 1. The summed E-state index contributed by atoms with van der Waals surface area (Å²) in [6, 6.07) is 5.46. The monoisotopic (exact) mass is 516 g/mol. The zero-order valence-electron chi connectivity index (χ0n) is 21.7. The van der Waals surface area contributed by atoms with Crippen molar-refractivity contribution >= 4 is 35.4 Å². The van der Waals surface area contributed by atoms with E-state index in [2.05, 4.69) is 19.2 Å². The van der Waals surface area contributed by atoms with Gasteiger partial charge in [0.25, 0.3) is 5.56 Å². The van der Waals surface area contributed by atoms with E-state index in [1.54, 1.807) is 32.2 Å². The minimum absolute atomic E-state index is 0.0791. The van der Waals surface area contributed by atoms with Gasteiger partial charge < -0.3 is 19.5 Å². The van der Waals surface area contributed by atoms with Gasteiger partial charge in [-0.05, 0) is 55.9 Å². The molecule has 1 aromatic heterocycles. The van der Waals surface area contributed by atoms with Gasteiger partial charge >= 0.3 is 5.97 Å². The molecule has 1 saturated carbocycles. The predicted molar refractivity (Wildman–Crippen MR) is 141 cm³/mol. The number of hydrogen-bond acceptors (Lipinski definition) is 7. The number of amides is 1. The molecule has 196 valence electrons. The topological polar surface area (TPSA) is 95.9 Å². The van der Waals surface area contributed by atoms with Crippen LogP contribution in [0.2, 0.25) is 0 Å². The SMILES string of the molecule is CCOC(=O)/C=c1\s/c(=C/c2ccc(OC)c(OCC)c2)c(=O)n1CC(=O)N[C@@H]1CCC[C@H](C)[C@@H]1C. The zero-order chi connectivity index (χ0) is 26.2. The van der Waals surface area contributed by atoms with Crippen molar-refractivity contribution in [2.75, 3.05) is 20.3 Å². The molecule has 1 aliphatic carbocycles. The van der Waals surface area contributed by atoms with Gasteiger partial charge in [0.05, 0.1) is 30.9 Å². The van der Waals surface area contributed by atoms with Crippen LogP contribution in [0.3, 0.4) is 0 Å². The first kappa shape index (κ1) is 27.5. The number of nitrogens with one attached hydrogen (secondary N) is 1. The number of aromatic nitrogens is 1. The van der Waals surface area contributed by atoms with Crippen LogP contribution in [-0.4, -0.2) is 42.8 Å². The summed E-state index contributed by atoms with van der Waals surface area (Å²) in [7, 11) is 1.57. The highest BCUT2D eigenvalue weighted by atomic mass is 32.1. The Morgan fingerprint density at radius 1 is 1.17 bits per heavy atom. The number of esters is 1. The normalized spacial score (nSPS) is 20.8. The summed E-state index contributed by atoms with van der Waals surface area (Å²) in [6.45, 7) is 8.47. The van der Waals surface area contributed by atoms with Gasteiger partial charge in [-0.25, -0.2) is 4.79 Å². The van der Waals surface area contributed by atoms with Crippen LogP contribution in [-0.2, 0) is 20.9 Å². The second-order valence-electron chi connectivity index (χ2n) is 9.02. The van der Waals surface area contributed by atoms with Crippen molar-refractivity contribution in [2.45, 2.75) is 59.5 Å². The van der Waals surface area contributed by atoms with Crippen LogP contribution in [0.25, 0.3) is 12.2 Å². The molecule has 2 aromatic rings. The molecule has 1 N–H and O–H groups in total. The Labute approximate surface area is 215 Å². The molecule has 9 heteroatoms. The van der Waals surface area contributed by atoms with E-state index >= 15 is 0 Å². The van der Waals surface area contributed by atoms with Crippen LogP contribution in [0.1, 0.15) is 52.5 Å². The number of rotatable bonds is 9. The standard InChI is InChI=1S/C27H36N2O6S/c1-6-34-22-13-19(11-12-21(22)33-5)14-23-27(32)29(25(36-23)15-26(31)35-7-2)16-24(30)28-20-10-8-9-17(3)18(20)4/h11-15,17-18,20H,6-10,16H2,1-5H3,(H,28,30)/b23-14+,25-15-/t17-,18-,20+/m0/s1. The Hall–Kier alpha value is -3.07. The number of methoxy groups -OCH3 is 1. The molecule has 0 spiro atoms. The second kappa shape index (κ2) is 12.8. The molecular weight excluding hydrogens is 480 g/mol. The fourth-order valence-electron chi connectivity index (χ4n) is 4.46. The van der Waals surface area contributed by atoms with E-state index in [9.17, 15) is 14.4 Å². The number of carbonyl (C=O) groups excluding carboxylic acids is 2. The number of nitrogens with zero attached hydrogens (tertiary/aromatic N) is 1. The summed E-state index contributed by atoms with van der Waals surface area (Å²) in [5.74, 6) is 1.26. The summed E-state index contributed by atoms with van der Waals surface area (Å²) >= 11 is 1.14. The molecular formula is C27H36N2O6S. The average Bonchev–Trinajstić information content (AvgIpc) is 3.11. The van der Waals surface area contributed by atoms with Crippen molar-refractivity contribution in [2.24, 2.45) is 11.8 Å². The van der Waals surface area contributed by atoms with Crippen molar-refractivity contribution < 1.29 is 23.8 Å². The van der Waals surface area contributed by atoms with Crippen molar-refractivity contribution in [3.8, 4) is 11.5 Å². The van der Waals surface area contributed by atoms with Crippen molar-refractivity contribution in [3.63, 3.8) is 0 Å². The second-order valence-corrected chi connectivity index (χ2v) is 10.1. The molecule has 0 unspecified atom stereocenters. The molecule has 1 aromatic carbocycles. The van der Waals surface area contributed by atoms with Gasteiger partial charge in [-0.3, -0.25) is 14.2 Å². The average molecular weight is 517 g/mol. The summed E-state index contributed by atoms with van der Waals surface area (Å²) < 4.78 is 18.1. The summed E-state index contributed by atoms with van der Waals surface area (Å²) in [5.41, 5.74) is 0.395. The third-order valence-electron chi connectivity index (χ3n) is 6.60. The van der Waals surface area contributed by atoms with Crippen LogP contribution >= 0.6 is 11.3 Å². The molecule has 1 fully saturated rings. The van der Waals surface area contributed by atoms with Gasteiger partial charge in [-0.2, -0.15) is 0 Å². The molecule has 0 aliphatic heterocycles. The van der Waals surface area contributed by atoms with Crippen molar-refractivity contribution in [3.05, 3.63) is 43.3 Å². The van der Waals surface area contributed by atoms with Gasteiger partial charge in [-0.1, -0.05) is 32.8 Å². The molecule has 1 aliphatic rings. The van der Waals surface area contributed by atoms with Gasteiger partial charge in [0.2, 0.25) is 5.91 Å². The lowest BCUT2D eigenvalue weighted by atomic mass is 9.78. The van der Waals surface area contributed by atoms with E-state index in [1.165, 1.54) is 10.6 Å². The molecule has 0 saturated heterocycles. The molecule has 8 nitrogen and oxygen atoms in total. The first-order chi connectivity index (χ1) is 17.3. The van der Waals surface area contributed by atoms with Gasteiger partial charge in [0, 0.05) is 6.04 Å². The Bertz CT molecular complexity index is 1250. The summed E-state index contributed by atoms with van der Waals surface area (Å²) in [5, 5.41) is 3.11. The lowest BCUT2D eigenvalue weighted by molar-refractivity contribution is -0.135. The van der Waals surface area contributed by atoms with E-state index in [0.717, 1.165) is 36.2 Å². The molecule has 36 heavy (non-hydrogen) atoms. The Kier molecular flexibility index (Phi) is 9.75. The molecule has 3 atom stereocenters. The minimum Gasteiger partial charge on any atom is -0.493 e. The van der Waals surface area contributed by atoms with Crippen LogP contribution in [0.15, 0.2) is 23.0 Å². The van der Waals surface area contributed by atoms with Gasteiger partial charge in [0.15, 0.2) is 11.5 Å². The maximum absolute atomic E-state index is 13.3. The largest absolute Gasteiger partial charge is 0.493 e. The first-order valence-electron chi connectivity index (χ1n) is 12.5. The minimum atomic E-state index is -0.558. The molecule has 3 rings (SSSR count). The maximum Gasteiger partial charge on any atom is 0.333 e. The fourth-order valence-corrected chi connectivity index (χ4v) is 5.49. The third kappa shape index (κ3) is 6.78. The predicted octanol–water partition coefficient (Wildman–Crippen LogP) is 2.43. The first-order valence-corrected chi connectivity index (χ1v) is 13.3. The van der Waals surface area contributed by atoms with Crippen molar-refractivity contribution in [1.82, 2.24) is 9.88 Å². The highest BCUT2D eigenvalue weighted by Crippen LogP contribution is 2.29. The Morgan fingerprint density at radius 3 is 2.64 bits per heavy atom. The third-order valence-corrected chi connectivity index (χ3v) is 7.66. The Balaban J connectivity index is 1.98. The van der Waals surface area contributed by atoms with Crippen molar-refractivity contribution in [1.29, 1.82) is 0 Å². The van der Waals surface area contributed by atoms with Crippen LogP contribution in [0, 0.1) is 11.8 Å². The number of carbonyl (C=O) groups is 2. The highest BCUT2D eigenvalue weighted by molar-refractivity contribution is 7.07. The van der Waals surface area contributed by atoms with Gasteiger partial charge in [0.1, 0.15) is 11.2 Å². The molecule has 0 radical (unpaired) electrons. The fraction of sp³-hybridized carbons (Fsp3) is 0.519. The van der Waals surface area contributed by atoms with E-state index in [-0.39, 0.29) is 30.7 Å². The molecule has 1 amide bonds. The summed E-state index contributed by atoms with van der Waals surface area (Å²) in [4.78, 5) is 38.5. The lowest BCUT2D eigenvalue weighted by Crippen LogP contribution is -2.46. The van der Waals surface area contributed by atoms with E-state index in [1.807, 2.05) is 13.0 Å². The van der Waals surface area contributed by atoms with E-state index in [0.29, 0.717) is 39.1 Å². The van der Waals surface area contributed by atoms with Gasteiger partial charge in [-0.15, -0.1) is 11.3 Å². The molecule has 0 bridgehead atoms. The zero-order valence-corrected chi connectivity index (χ0v) is 22.5. The smallest absolute Gasteiger partial charge is 0.333 e. The quantitative estimate of drug-likeness (QED) is 0.515. The highest BCUT2D eigenvalue weighted by Gasteiger charge is 2.28. The van der Waals surface area contributed by atoms with Crippen LogP contribution < -0.4 is 29.5 Å². The number of hydrogen-bond donors (Lipinski definition) is 1. The molecule has 1 heterocycles. The summed E-state index contributed by atoms with van der Waals surface area (Å²) in [6.07, 6.45) is 6.14. The van der Waals surface area contributed by atoms with Crippen LogP contribution in [0.4, 0.5) is 0 Å². The Morgan fingerprint density at radius 2 is 1.94 bits per heavy atom. The number of ether oxygens (including phenoxy) is 3. The van der Waals surface area contributed by atoms with E-state index < -0.39 is 5.97 Å². The number of thiazole rings is 1.